The van der Waals surface area contributed by atoms with Gasteiger partial charge in [-0.25, -0.2) is 0 Å². The number of piperazine rings is 1. The Labute approximate surface area is 172 Å². The molecule has 5 nitrogen and oxygen atoms in total. The first-order valence-electron chi connectivity index (χ1n) is 10.7. The van der Waals surface area contributed by atoms with E-state index in [-0.39, 0.29) is 29.7 Å². The molecule has 2 N–H and O–H groups in total. The molecular formula is C24H30N2O3. The van der Waals surface area contributed by atoms with E-state index in [9.17, 15) is 15.0 Å². The normalized spacial score (nSPS) is 19.4. The van der Waals surface area contributed by atoms with Crippen LogP contribution >= 0.6 is 0 Å². The van der Waals surface area contributed by atoms with Crippen LogP contribution in [0.5, 0.6) is 11.5 Å². The lowest BCUT2D eigenvalue weighted by molar-refractivity contribution is -0.133. The molecule has 1 heterocycles. The largest absolute Gasteiger partial charge is 0.508 e. The highest BCUT2D eigenvalue weighted by atomic mass is 16.3. The Bertz CT molecular complexity index is 840. The number of phenolic OH excluding ortho intramolecular Hbond substituents is 2. The molecule has 1 aliphatic carbocycles. The topological polar surface area (TPSA) is 64.0 Å². The van der Waals surface area contributed by atoms with E-state index in [0.717, 1.165) is 37.3 Å². The third-order valence-electron chi connectivity index (χ3n) is 6.47. The minimum absolute atomic E-state index is 0.104. The molecule has 1 saturated heterocycles. The molecule has 154 valence electrons. The van der Waals surface area contributed by atoms with Crippen molar-refractivity contribution < 1.29 is 15.0 Å². The van der Waals surface area contributed by atoms with E-state index in [1.807, 2.05) is 23.1 Å². The van der Waals surface area contributed by atoms with Gasteiger partial charge in [0.05, 0.1) is 0 Å². The van der Waals surface area contributed by atoms with Gasteiger partial charge in [-0.2, -0.15) is 0 Å². The van der Waals surface area contributed by atoms with Crippen molar-refractivity contribution in [1.82, 2.24) is 9.80 Å². The summed E-state index contributed by atoms with van der Waals surface area (Å²) in [5.41, 5.74) is 1.56. The fourth-order valence-electron chi connectivity index (χ4n) is 4.84. The summed E-state index contributed by atoms with van der Waals surface area (Å²) in [5.74, 6) is 0.163. The zero-order valence-corrected chi connectivity index (χ0v) is 16.8. The predicted molar refractivity (Wildman–Crippen MR) is 113 cm³/mol. The summed E-state index contributed by atoms with van der Waals surface area (Å²) in [6, 6.07) is 14.8. The molecule has 0 spiro atoms. The maximum absolute atomic E-state index is 13.1. The third kappa shape index (κ3) is 4.56. The Hall–Kier alpha value is -2.53. The number of carbonyl (C=O) groups is 1. The maximum Gasteiger partial charge on any atom is 0.223 e. The summed E-state index contributed by atoms with van der Waals surface area (Å²) < 4.78 is 0. The zero-order chi connectivity index (χ0) is 20.2. The molecule has 2 fully saturated rings. The lowest BCUT2D eigenvalue weighted by atomic mass is 9.87. The first-order chi connectivity index (χ1) is 14.1. The van der Waals surface area contributed by atoms with Crippen molar-refractivity contribution in [3.05, 3.63) is 59.7 Å². The van der Waals surface area contributed by atoms with Gasteiger partial charge in [-0.15, -0.1) is 0 Å². The number of hydrogen-bond donors (Lipinski definition) is 2. The number of carbonyl (C=O) groups excluding carboxylic acids is 1. The van der Waals surface area contributed by atoms with Crippen molar-refractivity contribution in [3.8, 4) is 11.5 Å². The van der Waals surface area contributed by atoms with Crippen LogP contribution < -0.4 is 0 Å². The lowest BCUT2D eigenvalue weighted by Gasteiger charge is -2.38. The standard InChI is InChI=1S/C24H30N2O3/c27-20-9-5-6-18(16-20)22(21-10-3-4-11-23(21)28)17-24(29)26-14-12-25(13-15-26)19-7-1-2-8-19/h3-6,9-11,16,19,22,27-28H,1-2,7-8,12-15,17H2/t22-/m1/s1. The van der Waals surface area contributed by atoms with E-state index in [1.165, 1.54) is 25.7 Å². The van der Waals surface area contributed by atoms with E-state index >= 15 is 0 Å². The molecular weight excluding hydrogens is 364 g/mol. The molecule has 2 aliphatic rings. The Morgan fingerprint density at radius 2 is 1.69 bits per heavy atom. The molecule has 0 aromatic heterocycles. The van der Waals surface area contributed by atoms with E-state index in [4.69, 9.17) is 0 Å². The monoisotopic (exact) mass is 394 g/mol. The average molecular weight is 395 g/mol. The van der Waals surface area contributed by atoms with Gasteiger partial charge in [-0.3, -0.25) is 9.69 Å². The quantitative estimate of drug-likeness (QED) is 0.812. The van der Waals surface area contributed by atoms with Crippen molar-refractivity contribution in [3.63, 3.8) is 0 Å². The number of hydrogen-bond acceptors (Lipinski definition) is 4. The number of phenols is 2. The van der Waals surface area contributed by atoms with Crippen LogP contribution in [0.15, 0.2) is 48.5 Å². The molecule has 0 radical (unpaired) electrons. The van der Waals surface area contributed by atoms with E-state index < -0.39 is 0 Å². The highest BCUT2D eigenvalue weighted by Crippen LogP contribution is 2.35. The summed E-state index contributed by atoms with van der Waals surface area (Å²) in [6.45, 7) is 3.43. The number of nitrogens with zero attached hydrogens (tertiary/aromatic N) is 2. The lowest BCUT2D eigenvalue weighted by Crippen LogP contribution is -2.51. The molecule has 4 rings (SSSR count). The molecule has 5 heteroatoms. The second-order valence-corrected chi connectivity index (χ2v) is 8.27. The van der Waals surface area contributed by atoms with Crippen LogP contribution in [0.2, 0.25) is 0 Å². The number of rotatable bonds is 5. The van der Waals surface area contributed by atoms with Crippen molar-refractivity contribution in [1.29, 1.82) is 0 Å². The van der Waals surface area contributed by atoms with Gasteiger partial charge in [0, 0.05) is 50.1 Å². The van der Waals surface area contributed by atoms with Gasteiger partial charge in [0.1, 0.15) is 11.5 Å². The van der Waals surface area contributed by atoms with E-state index in [0.29, 0.717) is 6.04 Å². The Kier molecular flexibility index (Phi) is 6.05. The van der Waals surface area contributed by atoms with Gasteiger partial charge in [0.25, 0.3) is 0 Å². The van der Waals surface area contributed by atoms with Crippen molar-refractivity contribution in [2.24, 2.45) is 0 Å². The number of amides is 1. The van der Waals surface area contributed by atoms with Crippen LogP contribution in [-0.2, 0) is 4.79 Å². The maximum atomic E-state index is 13.1. The second-order valence-electron chi connectivity index (χ2n) is 8.27. The predicted octanol–water partition coefficient (Wildman–Crippen LogP) is 3.71. The summed E-state index contributed by atoms with van der Waals surface area (Å²) >= 11 is 0. The number of para-hydroxylation sites is 1. The molecule has 29 heavy (non-hydrogen) atoms. The SMILES string of the molecule is O=C(C[C@H](c1cccc(O)c1)c1ccccc1O)N1CCN(C2CCCC2)CC1. The van der Waals surface area contributed by atoms with E-state index in [1.54, 1.807) is 30.3 Å². The van der Waals surface area contributed by atoms with Crippen LogP contribution in [0.1, 0.15) is 49.1 Å². The minimum Gasteiger partial charge on any atom is -0.508 e. The third-order valence-corrected chi connectivity index (χ3v) is 6.47. The summed E-state index contributed by atoms with van der Waals surface area (Å²) in [4.78, 5) is 17.7. The van der Waals surface area contributed by atoms with Crippen LogP contribution in [0.3, 0.4) is 0 Å². The first-order valence-corrected chi connectivity index (χ1v) is 10.7. The molecule has 1 amide bonds. The number of benzene rings is 2. The van der Waals surface area contributed by atoms with Gasteiger partial charge >= 0.3 is 0 Å². The molecule has 0 unspecified atom stereocenters. The van der Waals surface area contributed by atoms with Crippen LogP contribution in [0.4, 0.5) is 0 Å². The smallest absolute Gasteiger partial charge is 0.223 e. The van der Waals surface area contributed by atoms with Gasteiger partial charge in [-0.05, 0) is 36.6 Å². The highest BCUT2D eigenvalue weighted by Gasteiger charge is 2.30. The van der Waals surface area contributed by atoms with E-state index in [2.05, 4.69) is 4.90 Å². The molecule has 0 bridgehead atoms. The fourth-order valence-corrected chi connectivity index (χ4v) is 4.84. The summed E-state index contributed by atoms with van der Waals surface area (Å²) in [6.07, 6.45) is 5.53. The van der Waals surface area contributed by atoms with Gasteiger partial charge in [0.2, 0.25) is 5.91 Å². The molecule has 1 atom stereocenters. The Morgan fingerprint density at radius 3 is 2.38 bits per heavy atom. The van der Waals surface area contributed by atoms with Crippen LogP contribution in [-0.4, -0.2) is 58.1 Å². The van der Waals surface area contributed by atoms with Gasteiger partial charge < -0.3 is 15.1 Å². The van der Waals surface area contributed by atoms with Crippen LogP contribution in [0, 0.1) is 0 Å². The van der Waals surface area contributed by atoms with Crippen molar-refractivity contribution >= 4 is 5.91 Å². The Balaban J connectivity index is 1.48. The minimum atomic E-state index is -0.288. The molecule has 2 aromatic carbocycles. The van der Waals surface area contributed by atoms with Crippen LogP contribution in [0.25, 0.3) is 0 Å². The number of aromatic hydroxyl groups is 2. The Morgan fingerprint density at radius 1 is 0.966 bits per heavy atom. The fraction of sp³-hybridized carbons (Fsp3) is 0.458. The molecule has 2 aromatic rings. The second kappa shape index (κ2) is 8.87. The molecule has 1 aliphatic heterocycles. The van der Waals surface area contributed by atoms with Gasteiger partial charge in [0.15, 0.2) is 0 Å². The zero-order valence-electron chi connectivity index (χ0n) is 16.8. The summed E-state index contributed by atoms with van der Waals surface area (Å²) in [7, 11) is 0. The summed E-state index contributed by atoms with van der Waals surface area (Å²) in [5, 5.41) is 20.3. The molecule has 1 saturated carbocycles. The highest BCUT2D eigenvalue weighted by molar-refractivity contribution is 5.78. The van der Waals surface area contributed by atoms with Crippen molar-refractivity contribution in [2.45, 2.75) is 44.1 Å². The average Bonchev–Trinajstić information content (AvgIpc) is 3.27. The van der Waals surface area contributed by atoms with Gasteiger partial charge in [-0.1, -0.05) is 43.2 Å². The van der Waals surface area contributed by atoms with Crippen molar-refractivity contribution in [2.75, 3.05) is 26.2 Å². The first kappa shape index (κ1) is 19.8.